The van der Waals surface area contributed by atoms with E-state index in [9.17, 15) is 25.0 Å². The normalized spacial score (nSPS) is 35.5. The van der Waals surface area contributed by atoms with Gasteiger partial charge >= 0.3 is 6.72 Å². The highest BCUT2D eigenvalue weighted by Crippen LogP contribution is 2.63. The standard InChI is InChI=1S/C20H22FN10O8PS2/c21-10-17(30-3-26-6-13(22)24-2-25-14(6)30)37-11-12(20(10,11)35)39-40(36,41)38-9-8(33)5(1-32)42-18(9)31-4-27-7-15(31)28-19(23)29-16(7)34/h2-5,8-12,17-18,32-33,35H,1H2,(H,36,41)(H2,22,24,25)(H3,23,28,29,34)/t5-,8-,9-,10-,11-,12?,17-,18-,20+,40?/m1/s1. The van der Waals surface area contributed by atoms with Crippen molar-refractivity contribution >= 4 is 64.4 Å². The molecule has 2 unspecified atom stereocenters. The number of nitrogens with one attached hydrogen (secondary N) is 1. The first-order chi connectivity index (χ1) is 19.9. The zero-order chi connectivity index (χ0) is 29.7. The molecule has 0 spiro atoms. The summed E-state index contributed by atoms with van der Waals surface area (Å²) in [6.45, 7) is -4.78. The van der Waals surface area contributed by atoms with Crippen LogP contribution in [0.1, 0.15) is 11.6 Å². The Morgan fingerprint density at radius 3 is 2.64 bits per heavy atom. The highest BCUT2D eigenvalue weighted by molar-refractivity contribution is 8.07. The Kier molecular flexibility index (Phi) is 6.37. The quantitative estimate of drug-likeness (QED) is 0.108. The van der Waals surface area contributed by atoms with E-state index in [-0.39, 0.29) is 34.1 Å². The molecule has 3 aliphatic rings. The largest absolute Gasteiger partial charge is 0.395 e. The number of nitrogens with zero attached hydrogens (tertiary/aromatic N) is 7. The minimum Gasteiger partial charge on any atom is -0.395 e. The smallest absolute Gasteiger partial charge is 0.325 e. The number of thioether (sulfide) groups is 1. The molecule has 3 fully saturated rings. The van der Waals surface area contributed by atoms with Crippen molar-refractivity contribution < 1.29 is 38.4 Å². The van der Waals surface area contributed by atoms with Gasteiger partial charge in [0.05, 0.1) is 30.6 Å². The molecule has 7 rings (SSSR count). The third-order valence-electron chi connectivity index (χ3n) is 7.44. The average molecular weight is 645 g/mol. The van der Waals surface area contributed by atoms with Crippen molar-refractivity contribution in [3.05, 3.63) is 29.3 Å². The van der Waals surface area contributed by atoms with Crippen molar-refractivity contribution in [3.63, 3.8) is 0 Å². The minimum absolute atomic E-state index is 0.0429. The molecule has 1 saturated carbocycles. The maximum absolute atomic E-state index is 15.6. The first-order valence-corrected chi connectivity index (χ1v) is 15.8. The number of ether oxygens (including phenoxy) is 1. The molecular weight excluding hydrogens is 622 g/mol. The molecule has 10 atom stereocenters. The molecule has 0 amide bonds. The van der Waals surface area contributed by atoms with E-state index in [4.69, 9.17) is 37.1 Å². The molecule has 2 saturated heterocycles. The summed E-state index contributed by atoms with van der Waals surface area (Å²) >= 11 is 6.24. The minimum atomic E-state index is -4.31. The van der Waals surface area contributed by atoms with E-state index in [0.29, 0.717) is 0 Å². The second-order valence-corrected chi connectivity index (χ2v) is 14.0. The van der Waals surface area contributed by atoms with Crippen molar-refractivity contribution in [1.82, 2.24) is 39.0 Å². The Labute approximate surface area is 242 Å². The molecule has 42 heavy (non-hydrogen) atoms. The summed E-state index contributed by atoms with van der Waals surface area (Å²) in [5, 5.41) is 30.1. The van der Waals surface area contributed by atoms with Crippen LogP contribution in [0, 0.1) is 0 Å². The lowest BCUT2D eigenvalue weighted by atomic mass is 10.1. The Morgan fingerprint density at radius 2 is 1.93 bits per heavy atom. The predicted molar refractivity (Wildman–Crippen MR) is 146 cm³/mol. The molecular formula is C20H22FN10O8PS2. The molecule has 22 heteroatoms. The third-order valence-corrected chi connectivity index (χ3v) is 10.5. The van der Waals surface area contributed by atoms with E-state index in [1.54, 1.807) is 0 Å². The van der Waals surface area contributed by atoms with Crippen LogP contribution < -0.4 is 17.0 Å². The van der Waals surface area contributed by atoms with Gasteiger partial charge in [-0.2, -0.15) is 4.98 Å². The molecule has 0 aromatic carbocycles. The van der Waals surface area contributed by atoms with Gasteiger partial charge in [-0.1, -0.05) is 0 Å². The molecule has 2 aliphatic heterocycles. The summed E-state index contributed by atoms with van der Waals surface area (Å²) in [6.07, 6.45) is -5.01. The number of hydrogen-bond acceptors (Lipinski definition) is 16. The van der Waals surface area contributed by atoms with E-state index in [1.165, 1.54) is 28.1 Å². The Bertz CT molecular complexity index is 1830. The van der Waals surface area contributed by atoms with Crippen LogP contribution in [-0.4, -0.2) is 107 Å². The number of aromatic amines is 1. The van der Waals surface area contributed by atoms with Crippen LogP contribution in [0.15, 0.2) is 23.8 Å². The van der Waals surface area contributed by atoms with E-state index in [2.05, 4.69) is 29.9 Å². The zero-order valence-electron chi connectivity index (χ0n) is 20.9. The summed E-state index contributed by atoms with van der Waals surface area (Å²) in [4.78, 5) is 45.7. The van der Waals surface area contributed by atoms with Crippen LogP contribution in [0.25, 0.3) is 22.3 Å². The number of hydrogen-bond donors (Lipinski definition) is 7. The molecule has 0 radical (unpaired) electrons. The van der Waals surface area contributed by atoms with Crippen molar-refractivity contribution in [2.24, 2.45) is 0 Å². The Balaban J connectivity index is 1.11. The number of aromatic nitrogens is 8. The molecule has 0 bridgehead atoms. The molecule has 18 nitrogen and oxygen atoms in total. The maximum atomic E-state index is 15.6. The lowest BCUT2D eigenvalue weighted by molar-refractivity contribution is -0.0618. The summed E-state index contributed by atoms with van der Waals surface area (Å²) in [5.41, 5.74) is 9.12. The van der Waals surface area contributed by atoms with Gasteiger partial charge in [0.2, 0.25) is 5.95 Å². The topological polar surface area (TPSA) is 268 Å². The van der Waals surface area contributed by atoms with Crippen LogP contribution in [0.4, 0.5) is 16.2 Å². The van der Waals surface area contributed by atoms with Gasteiger partial charge in [0.1, 0.15) is 35.5 Å². The highest BCUT2D eigenvalue weighted by Gasteiger charge is 2.80. The second kappa shape index (κ2) is 9.58. The molecule has 1 aliphatic carbocycles. The van der Waals surface area contributed by atoms with Gasteiger partial charge < -0.3 is 36.4 Å². The predicted octanol–water partition coefficient (Wildman–Crippen LogP) is -1.94. The van der Waals surface area contributed by atoms with Gasteiger partial charge in [-0.15, -0.1) is 11.8 Å². The van der Waals surface area contributed by atoms with Crippen molar-refractivity contribution in [2.45, 2.75) is 53.0 Å². The monoisotopic (exact) mass is 644 g/mol. The molecule has 6 heterocycles. The van der Waals surface area contributed by atoms with Crippen molar-refractivity contribution in [3.8, 4) is 0 Å². The first kappa shape index (κ1) is 28.0. The van der Waals surface area contributed by atoms with E-state index in [0.717, 1.165) is 11.8 Å². The zero-order valence-corrected chi connectivity index (χ0v) is 23.4. The SMILES string of the molecule is Nc1nc2c(ncn2[C@@H]2S[C@H](CO)[C@@H](O)[C@H]2OP(O)(=S)OC2[C@H]3O[C@@H](n4cnc5c(N)ncnc54)[C@@H](F)[C@@]23O)c(=O)[nH]1. The van der Waals surface area contributed by atoms with Crippen LogP contribution in [-0.2, 0) is 25.6 Å². The number of halogens is 1. The fourth-order valence-electron chi connectivity index (χ4n) is 5.33. The number of aliphatic hydroxyl groups excluding tert-OH is 2. The first-order valence-electron chi connectivity index (χ1n) is 12.3. The Hall–Kier alpha value is -2.85. The third kappa shape index (κ3) is 4.08. The lowest BCUT2D eigenvalue weighted by Gasteiger charge is -2.28. The number of alkyl halides is 1. The van der Waals surface area contributed by atoms with E-state index < -0.39 is 71.9 Å². The van der Waals surface area contributed by atoms with Gasteiger partial charge in [-0.05, 0) is 11.8 Å². The van der Waals surface area contributed by atoms with Gasteiger partial charge in [0, 0.05) is 0 Å². The fraction of sp³-hybridized carbons (Fsp3) is 0.500. The number of H-pyrrole nitrogens is 1. The maximum Gasteiger partial charge on any atom is 0.325 e. The Morgan fingerprint density at radius 1 is 1.19 bits per heavy atom. The van der Waals surface area contributed by atoms with Crippen LogP contribution in [0.2, 0.25) is 0 Å². The highest BCUT2D eigenvalue weighted by atomic mass is 32.5. The number of rotatable bonds is 7. The number of aliphatic hydroxyl groups is 3. The fourth-order valence-corrected chi connectivity index (χ4v) is 8.57. The summed E-state index contributed by atoms with van der Waals surface area (Å²) < 4.78 is 35.2. The van der Waals surface area contributed by atoms with Gasteiger partial charge in [-0.3, -0.25) is 28.0 Å². The van der Waals surface area contributed by atoms with Crippen molar-refractivity contribution in [2.75, 3.05) is 18.1 Å². The molecule has 4 aromatic heterocycles. The van der Waals surface area contributed by atoms with E-state index >= 15 is 4.39 Å². The average Bonchev–Trinajstić information content (AvgIpc) is 3.45. The van der Waals surface area contributed by atoms with E-state index in [1.807, 2.05) is 0 Å². The second-order valence-electron chi connectivity index (χ2n) is 9.90. The summed E-state index contributed by atoms with van der Waals surface area (Å²) in [7, 11) is 0. The van der Waals surface area contributed by atoms with Gasteiger partial charge in [0.25, 0.3) is 5.56 Å². The number of nitrogen functional groups attached to an aromatic ring is 2. The molecule has 9 N–H and O–H groups in total. The van der Waals surface area contributed by atoms with Crippen LogP contribution in [0.5, 0.6) is 0 Å². The van der Waals surface area contributed by atoms with Crippen LogP contribution >= 0.6 is 18.5 Å². The number of fused-ring (bicyclic) bond motifs is 3. The summed E-state index contributed by atoms with van der Waals surface area (Å²) in [5.74, 6) is -0.101. The number of nitrogens with two attached hydrogens (primary N) is 2. The number of anilines is 2. The molecule has 224 valence electrons. The lowest BCUT2D eigenvalue weighted by Crippen LogP contribution is -2.36. The summed E-state index contributed by atoms with van der Waals surface area (Å²) in [6, 6.07) is 0. The van der Waals surface area contributed by atoms with Crippen molar-refractivity contribution in [1.29, 1.82) is 0 Å². The molecule has 4 aromatic rings. The van der Waals surface area contributed by atoms with Gasteiger partial charge in [0.15, 0.2) is 40.6 Å². The number of imidazole rings is 2. The van der Waals surface area contributed by atoms with Crippen LogP contribution in [0.3, 0.4) is 0 Å². The van der Waals surface area contributed by atoms with Gasteiger partial charge in [-0.25, -0.2) is 24.3 Å².